The van der Waals surface area contributed by atoms with E-state index in [1.54, 1.807) is 0 Å². The number of nitrogens with zero attached hydrogens (tertiary/aromatic N) is 1. The minimum atomic E-state index is -4.44. The number of pyridine rings is 1. The summed E-state index contributed by atoms with van der Waals surface area (Å²) in [5.41, 5.74) is -0.960. The third-order valence-electron chi connectivity index (χ3n) is 2.93. The molecule has 0 bridgehead atoms. The smallest absolute Gasteiger partial charge is 0.423 e. The van der Waals surface area contributed by atoms with E-state index in [1.807, 2.05) is 0 Å². The predicted octanol–water partition coefficient (Wildman–Crippen LogP) is 0.595. The summed E-state index contributed by atoms with van der Waals surface area (Å²) in [5, 5.41) is 17.9. The van der Waals surface area contributed by atoms with Gasteiger partial charge in [0.15, 0.2) is 0 Å². The number of alkyl halides is 3. The molecule has 1 heterocycles. The number of hydrogen-bond donors (Lipinski definition) is 2. The van der Waals surface area contributed by atoms with Crippen LogP contribution in [0.3, 0.4) is 0 Å². The zero-order valence-corrected chi connectivity index (χ0v) is 10.7. The van der Waals surface area contributed by atoms with Gasteiger partial charge >= 0.3 is 13.3 Å². The summed E-state index contributed by atoms with van der Waals surface area (Å²) in [5.74, 6) is 0. The average molecular weight is 297 g/mol. The van der Waals surface area contributed by atoms with Crippen LogP contribution in [0.25, 0.3) is 0 Å². The molecule has 0 saturated carbocycles. The summed E-state index contributed by atoms with van der Waals surface area (Å²) in [6.07, 6.45) is -3.14. The van der Waals surface area contributed by atoms with Crippen LogP contribution in [0.15, 0.2) is 47.4 Å². The van der Waals surface area contributed by atoms with Crippen LogP contribution in [0.2, 0.25) is 0 Å². The summed E-state index contributed by atoms with van der Waals surface area (Å²) in [4.78, 5) is 11.7. The Balaban J connectivity index is 2.29. The van der Waals surface area contributed by atoms with Crippen LogP contribution < -0.4 is 11.0 Å². The molecule has 0 unspecified atom stereocenters. The first-order chi connectivity index (χ1) is 9.77. The zero-order valence-electron chi connectivity index (χ0n) is 10.7. The monoisotopic (exact) mass is 297 g/mol. The third kappa shape index (κ3) is 3.74. The second-order valence-electron chi connectivity index (χ2n) is 4.50. The average Bonchev–Trinajstić information content (AvgIpc) is 2.40. The van der Waals surface area contributed by atoms with Gasteiger partial charge in [-0.25, -0.2) is 0 Å². The SMILES string of the molecule is O=c1cc(B(O)O)ccn1Cc1cccc(C(F)(F)F)c1. The molecule has 0 aliphatic carbocycles. The summed E-state index contributed by atoms with van der Waals surface area (Å²) < 4.78 is 39.0. The first kappa shape index (κ1) is 15.3. The van der Waals surface area contributed by atoms with Crippen molar-refractivity contribution in [2.45, 2.75) is 12.7 Å². The van der Waals surface area contributed by atoms with Gasteiger partial charge in [-0.1, -0.05) is 12.1 Å². The maximum Gasteiger partial charge on any atom is 0.488 e. The maximum atomic E-state index is 12.6. The van der Waals surface area contributed by atoms with Crippen molar-refractivity contribution in [3.63, 3.8) is 0 Å². The van der Waals surface area contributed by atoms with Crippen LogP contribution in [0.4, 0.5) is 13.2 Å². The van der Waals surface area contributed by atoms with Gasteiger partial charge < -0.3 is 14.6 Å². The molecule has 0 aliphatic heterocycles. The Hall–Kier alpha value is -2.06. The van der Waals surface area contributed by atoms with Crippen LogP contribution in [0.5, 0.6) is 0 Å². The number of aromatic nitrogens is 1. The van der Waals surface area contributed by atoms with E-state index in [0.717, 1.165) is 18.2 Å². The zero-order chi connectivity index (χ0) is 15.6. The van der Waals surface area contributed by atoms with Crippen molar-refractivity contribution in [1.82, 2.24) is 4.57 Å². The van der Waals surface area contributed by atoms with Crippen LogP contribution in [0, 0.1) is 0 Å². The van der Waals surface area contributed by atoms with E-state index in [2.05, 4.69) is 0 Å². The fourth-order valence-electron chi connectivity index (χ4n) is 1.86. The summed E-state index contributed by atoms with van der Waals surface area (Å²) in [7, 11) is -1.76. The van der Waals surface area contributed by atoms with Gasteiger partial charge in [0.2, 0.25) is 5.56 Å². The molecular formula is C13H11BF3NO3. The van der Waals surface area contributed by atoms with Gasteiger partial charge in [-0.3, -0.25) is 4.79 Å². The molecule has 4 nitrogen and oxygen atoms in total. The quantitative estimate of drug-likeness (QED) is 0.815. The summed E-state index contributed by atoms with van der Waals surface area (Å²) in [6, 6.07) is 7.03. The Kier molecular flexibility index (Phi) is 4.20. The van der Waals surface area contributed by atoms with Gasteiger partial charge in [0.25, 0.3) is 0 Å². The Morgan fingerprint density at radius 2 is 1.86 bits per heavy atom. The normalized spacial score (nSPS) is 11.5. The fourth-order valence-corrected chi connectivity index (χ4v) is 1.86. The molecule has 0 aliphatic rings. The molecule has 2 N–H and O–H groups in total. The van der Waals surface area contributed by atoms with E-state index in [1.165, 1.54) is 29.0 Å². The van der Waals surface area contributed by atoms with E-state index in [4.69, 9.17) is 10.0 Å². The molecule has 2 aromatic rings. The lowest BCUT2D eigenvalue weighted by Gasteiger charge is -2.10. The highest BCUT2D eigenvalue weighted by molar-refractivity contribution is 6.58. The van der Waals surface area contributed by atoms with Crippen LogP contribution in [-0.4, -0.2) is 21.7 Å². The van der Waals surface area contributed by atoms with Crippen LogP contribution >= 0.6 is 0 Å². The van der Waals surface area contributed by atoms with E-state index in [0.29, 0.717) is 5.56 Å². The highest BCUT2D eigenvalue weighted by atomic mass is 19.4. The Morgan fingerprint density at radius 1 is 1.14 bits per heavy atom. The highest BCUT2D eigenvalue weighted by Gasteiger charge is 2.30. The molecule has 8 heteroatoms. The minimum absolute atomic E-state index is 0.0280. The highest BCUT2D eigenvalue weighted by Crippen LogP contribution is 2.29. The van der Waals surface area contributed by atoms with Gasteiger partial charge in [0.1, 0.15) is 0 Å². The van der Waals surface area contributed by atoms with Crippen molar-refractivity contribution in [2.75, 3.05) is 0 Å². The van der Waals surface area contributed by atoms with Crippen molar-refractivity contribution in [3.05, 3.63) is 64.1 Å². The number of halogens is 3. The molecule has 21 heavy (non-hydrogen) atoms. The Morgan fingerprint density at radius 3 is 2.43 bits per heavy atom. The van der Waals surface area contributed by atoms with Gasteiger partial charge in [-0.15, -0.1) is 0 Å². The lowest BCUT2D eigenvalue weighted by atomic mass is 9.81. The second kappa shape index (κ2) is 5.75. The molecule has 0 amide bonds. The number of hydrogen-bond acceptors (Lipinski definition) is 3. The topological polar surface area (TPSA) is 62.5 Å². The summed E-state index contributed by atoms with van der Waals surface area (Å²) >= 11 is 0. The van der Waals surface area contributed by atoms with Gasteiger partial charge in [-0.2, -0.15) is 13.2 Å². The molecule has 1 aromatic heterocycles. The molecule has 110 valence electrons. The van der Waals surface area contributed by atoms with Crippen molar-refractivity contribution in [3.8, 4) is 0 Å². The van der Waals surface area contributed by atoms with Gasteiger partial charge in [0, 0.05) is 12.3 Å². The largest absolute Gasteiger partial charge is 0.488 e. The molecule has 0 atom stereocenters. The molecule has 2 rings (SSSR count). The first-order valence-electron chi connectivity index (χ1n) is 6.00. The standard InChI is InChI=1S/C13H11BF3NO3/c15-13(16,17)10-3-1-2-9(6-10)8-18-5-4-11(14(20)21)7-12(18)19/h1-7,20-21H,8H2. The van der Waals surface area contributed by atoms with Crippen LogP contribution in [-0.2, 0) is 12.7 Å². The second-order valence-corrected chi connectivity index (χ2v) is 4.50. The molecule has 0 fully saturated rings. The van der Waals surface area contributed by atoms with Crippen molar-refractivity contribution >= 4 is 12.6 Å². The Bertz CT molecular complexity index is 698. The van der Waals surface area contributed by atoms with E-state index in [9.17, 15) is 18.0 Å². The third-order valence-corrected chi connectivity index (χ3v) is 2.93. The van der Waals surface area contributed by atoms with Crippen molar-refractivity contribution in [2.24, 2.45) is 0 Å². The van der Waals surface area contributed by atoms with Gasteiger partial charge in [-0.05, 0) is 29.2 Å². The van der Waals surface area contributed by atoms with Crippen molar-refractivity contribution < 1.29 is 23.2 Å². The van der Waals surface area contributed by atoms with Gasteiger partial charge in [0.05, 0.1) is 12.1 Å². The van der Waals surface area contributed by atoms with E-state index < -0.39 is 24.4 Å². The Labute approximate surface area is 118 Å². The maximum absolute atomic E-state index is 12.6. The molecule has 0 radical (unpaired) electrons. The summed E-state index contributed by atoms with van der Waals surface area (Å²) in [6.45, 7) is -0.0371. The lowest BCUT2D eigenvalue weighted by Crippen LogP contribution is -2.35. The molecule has 1 aromatic carbocycles. The number of rotatable bonds is 3. The fraction of sp³-hybridized carbons (Fsp3) is 0.154. The van der Waals surface area contributed by atoms with E-state index in [-0.39, 0.29) is 12.0 Å². The lowest BCUT2D eigenvalue weighted by molar-refractivity contribution is -0.137. The first-order valence-corrected chi connectivity index (χ1v) is 6.00. The minimum Gasteiger partial charge on any atom is -0.423 e. The predicted molar refractivity (Wildman–Crippen MR) is 71.1 cm³/mol. The molecule has 0 spiro atoms. The number of benzene rings is 1. The van der Waals surface area contributed by atoms with E-state index >= 15 is 0 Å². The molecule has 0 saturated heterocycles. The molecular weight excluding hydrogens is 286 g/mol. The van der Waals surface area contributed by atoms with Crippen molar-refractivity contribution in [1.29, 1.82) is 0 Å². The van der Waals surface area contributed by atoms with Crippen LogP contribution in [0.1, 0.15) is 11.1 Å².